The number of rotatable bonds is 4. The Labute approximate surface area is 85.1 Å². The van der Waals surface area contributed by atoms with Crippen molar-refractivity contribution in [3.8, 4) is 5.75 Å². The highest BCUT2D eigenvalue weighted by Gasteiger charge is 2.03. The van der Waals surface area contributed by atoms with Gasteiger partial charge in [0.25, 0.3) is 0 Å². The molecule has 1 aromatic carbocycles. The Morgan fingerprint density at radius 1 is 1.29 bits per heavy atom. The molecule has 0 aliphatic rings. The molecule has 1 aromatic rings. The van der Waals surface area contributed by atoms with Crippen LogP contribution in [0.3, 0.4) is 0 Å². The number of likely N-dealkylation sites (N-methyl/N-ethyl adjacent to an activating group) is 1. The predicted molar refractivity (Wildman–Crippen MR) is 57.0 cm³/mol. The summed E-state index contributed by atoms with van der Waals surface area (Å²) in [5.74, 6) is 0.862. The number of para-hydroxylation sites is 1. The molecule has 0 spiro atoms. The van der Waals surface area contributed by atoms with E-state index in [4.69, 9.17) is 4.74 Å². The molecule has 3 heteroatoms. The monoisotopic (exact) mass is 195 g/mol. The second-order valence-corrected chi connectivity index (χ2v) is 3.91. The molecule has 0 aromatic heterocycles. The van der Waals surface area contributed by atoms with Crippen molar-refractivity contribution in [3.63, 3.8) is 0 Å². The van der Waals surface area contributed by atoms with Gasteiger partial charge in [0.05, 0.1) is 14.1 Å². The van der Waals surface area contributed by atoms with E-state index in [-0.39, 0.29) is 4.65 Å². The minimum atomic E-state index is -0.314. The second kappa shape index (κ2) is 4.44. The fourth-order valence-electron chi connectivity index (χ4n) is 1.09. The molecule has 0 unspecified atom stereocenters. The summed E-state index contributed by atoms with van der Waals surface area (Å²) in [7, 11) is 3.22. The molecule has 0 saturated heterocycles. The van der Waals surface area contributed by atoms with Gasteiger partial charge in [-0.15, -0.1) is 0 Å². The summed E-state index contributed by atoms with van der Waals surface area (Å²) in [5, 5.41) is 11.2. The van der Waals surface area contributed by atoms with Crippen LogP contribution in [0.15, 0.2) is 24.3 Å². The quantitative estimate of drug-likeness (QED) is 0.543. The summed E-state index contributed by atoms with van der Waals surface area (Å²) in [6, 6.07) is 7.81. The Hall–Kier alpha value is -1.06. The van der Waals surface area contributed by atoms with Gasteiger partial charge in [-0.25, -0.2) is 0 Å². The first kappa shape index (κ1) is 11.0. The van der Waals surface area contributed by atoms with E-state index >= 15 is 0 Å². The van der Waals surface area contributed by atoms with Gasteiger partial charge >= 0.3 is 0 Å². The topological polar surface area (TPSA) is 32.3 Å². The predicted octanol–water partition coefficient (Wildman–Crippen LogP) is 1.95. The number of aryl methyl sites for hydroxylation is 1. The molecule has 1 rings (SSSR count). The minimum Gasteiger partial charge on any atom is -0.633 e. The molecule has 0 N–H and O–H groups in total. The van der Waals surface area contributed by atoms with Crippen LogP contribution in [0.25, 0.3) is 0 Å². The smallest absolute Gasteiger partial charge is 0.137 e. The van der Waals surface area contributed by atoms with Crippen LogP contribution >= 0.6 is 0 Å². The first-order chi connectivity index (χ1) is 6.49. The zero-order chi connectivity index (χ0) is 10.6. The molecule has 0 radical (unpaired) electrons. The number of hydrogen-bond donors (Lipinski definition) is 0. The molecule has 0 aliphatic carbocycles. The van der Waals surface area contributed by atoms with Crippen LogP contribution in [0.4, 0.5) is 0 Å². The molecule has 0 saturated carbocycles. The normalized spacial score (nSPS) is 11.4. The number of hydroxylamine groups is 3. The number of nitrogens with zero attached hydrogens (tertiary/aromatic N) is 1. The van der Waals surface area contributed by atoms with Crippen molar-refractivity contribution in [1.82, 2.24) is 0 Å². The van der Waals surface area contributed by atoms with Crippen molar-refractivity contribution in [1.29, 1.82) is 0 Å². The molecular formula is C11H17NO2. The lowest BCUT2D eigenvalue weighted by Crippen LogP contribution is -2.36. The molecule has 14 heavy (non-hydrogen) atoms. The zero-order valence-electron chi connectivity index (χ0n) is 8.99. The average molecular weight is 195 g/mol. The Balaban J connectivity index is 2.43. The van der Waals surface area contributed by atoms with Crippen LogP contribution in [0.1, 0.15) is 5.56 Å². The number of benzene rings is 1. The van der Waals surface area contributed by atoms with Crippen molar-refractivity contribution >= 4 is 0 Å². The molecular weight excluding hydrogens is 178 g/mol. The molecule has 3 nitrogen and oxygen atoms in total. The Bertz CT molecular complexity index is 292. The first-order valence-electron chi connectivity index (χ1n) is 4.71. The highest BCUT2D eigenvalue weighted by atomic mass is 16.5. The molecule has 0 amide bonds. The summed E-state index contributed by atoms with van der Waals surface area (Å²) in [4.78, 5) is 0. The van der Waals surface area contributed by atoms with Crippen molar-refractivity contribution in [2.24, 2.45) is 0 Å². The van der Waals surface area contributed by atoms with Crippen molar-refractivity contribution in [3.05, 3.63) is 35.0 Å². The molecule has 0 bridgehead atoms. The summed E-state index contributed by atoms with van der Waals surface area (Å²) >= 11 is 0. The molecule has 0 aliphatic heterocycles. The van der Waals surface area contributed by atoms with Gasteiger partial charge in [-0.1, -0.05) is 18.2 Å². The van der Waals surface area contributed by atoms with E-state index in [2.05, 4.69) is 0 Å². The van der Waals surface area contributed by atoms with Gasteiger partial charge in [-0.2, -0.15) is 0 Å². The van der Waals surface area contributed by atoms with E-state index in [0.717, 1.165) is 11.3 Å². The minimum absolute atomic E-state index is 0.314. The third kappa shape index (κ3) is 3.77. The van der Waals surface area contributed by atoms with Gasteiger partial charge < -0.3 is 14.6 Å². The lowest BCUT2D eigenvalue weighted by Gasteiger charge is -2.33. The Kier molecular flexibility index (Phi) is 3.49. The highest BCUT2D eigenvalue weighted by molar-refractivity contribution is 5.31. The van der Waals surface area contributed by atoms with E-state index in [9.17, 15) is 5.21 Å². The maximum Gasteiger partial charge on any atom is 0.137 e. The number of ether oxygens (including phenoxy) is 1. The third-order valence-electron chi connectivity index (χ3n) is 1.98. The lowest BCUT2D eigenvalue weighted by molar-refractivity contribution is -0.840. The fraction of sp³-hybridized carbons (Fsp3) is 0.455. The second-order valence-electron chi connectivity index (χ2n) is 3.91. The Morgan fingerprint density at radius 2 is 1.93 bits per heavy atom. The van der Waals surface area contributed by atoms with Gasteiger partial charge in [0.15, 0.2) is 0 Å². The third-order valence-corrected chi connectivity index (χ3v) is 1.98. The molecule has 0 heterocycles. The van der Waals surface area contributed by atoms with Crippen molar-refractivity contribution in [2.45, 2.75) is 6.92 Å². The van der Waals surface area contributed by atoms with Crippen molar-refractivity contribution < 1.29 is 9.38 Å². The molecule has 78 valence electrons. The maximum absolute atomic E-state index is 11.2. The fourth-order valence-corrected chi connectivity index (χ4v) is 1.09. The van der Waals surface area contributed by atoms with E-state index < -0.39 is 0 Å². The number of quaternary nitrogens is 1. The van der Waals surface area contributed by atoms with Crippen LogP contribution in [-0.2, 0) is 0 Å². The summed E-state index contributed by atoms with van der Waals surface area (Å²) in [6.45, 7) is 2.92. The van der Waals surface area contributed by atoms with Crippen LogP contribution in [0.5, 0.6) is 5.75 Å². The van der Waals surface area contributed by atoms with Crippen LogP contribution in [0.2, 0.25) is 0 Å². The zero-order valence-corrected chi connectivity index (χ0v) is 8.99. The number of hydrogen-bond acceptors (Lipinski definition) is 2. The van der Waals surface area contributed by atoms with Gasteiger partial charge in [0.2, 0.25) is 0 Å². The van der Waals surface area contributed by atoms with Crippen LogP contribution in [-0.4, -0.2) is 31.9 Å². The summed E-state index contributed by atoms with van der Waals surface area (Å²) in [5.41, 5.74) is 1.10. The largest absolute Gasteiger partial charge is 0.633 e. The van der Waals surface area contributed by atoms with Crippen LogP contribution in [0, 0.1) is 12.1 Å². The lowest BCUT2D eigenvalue weighted by atomic mass is 10.2. The highest BCUT2D eigenvalue weighted by Crippen LogP contribution is 2.15. The van der Waals surface area contributed by atoms with Gasteiger partial charge in [-0.3, -0.25) is 0 Å². The van der Waals surface area contributed by atoms with E-state index in [1.807, 2.05) is 31.2 Å². The van der Waals surface area contributed by atoms with Gasteiger partial charge in [-0.05, 0) is 18.6 Å². The SMILES string of the molecule is Cc1ccccc1OCC[N+](C)(C)[O-]. The average Bonchev–Trinajstić information content (AvgIpc) is 2.06. The molecule has 0 fully saturated rings. The summed E-state index contributed by atoms with van der Waals surface area (Å²) in [6.07, 6.45) is 0. The van der Waals surface area contributed by atoms with Gasteiger partial charge in [0, 0.05) is 0 Å². The van der Waals surface area contributed by atoms with Crippen LogP contribution < -0.4 is 4.74 Å². The van der Waals surface area contributed by atoms with E-state index in [1.165, 1.54) is 0 Å². The van der Waals surface area contributed by atoms with E-state index in [0.29, 0.717) is 13.2 Å². The molecule has 0 atom stereocenters. The van der Waals surface area contributed by atoms with Crippen molar-refractivity contribution in [2.75, 3.05) is 27.2 Å². The summed E-state index contributed by atoms with van der Waals surface area (Å²) < 4.78 is 5.18. The first-order valence-corrected chi connectivity index (χ1v) is 4.71. The van der Waals surface area contributed by atoms with Gasteiger partial charge in [0.1, 0.15) is 18.9 Å². The maximum atomic E-state index is 11.2. The van der Waals surface area contributed by atoms with E-state index in [1.54, 1.807) is 14.1 Å². The Morgan fingerprint density at radius 3 is 2.50 bits per heavy atom. The standard InChI is InChI=1S/C11H17NO2/c1-10-6-4-5-7-11(10)14-9-8-12(2,3)13/h4-7H,8-9H2,1-3H3.